The standard InChI is InChI=1S/C19H27N3O2S/c1-5-23-18-10-7-6-9-16(18)20-19(25)22(13-12-21(3)4)15(2)17-11-8-14-24-17/h6-11,14-15H,5,12-13H2,1-4H3,(H,20,25)/t15-/m0/s1. The van der Waals surface area contributed by atoms with Gasteiger partial charge in [0.05, 0.1) is 24.6 Å². The maximum absolute atomic E-state index is 5.70. The van der Waals surface area contributed by atoms with Gasteiger partial charge in [-0.3, -0.25) is 0 Å². The van der Waals surface area contributed by atoms with Crippen LogP contribution in [0, 0.1) is 0 Å². The first-order chi connectivity index (χ1) is 12.0. The van der Waals surface area contributed by atoms with E-state index in [1.165, 1.54) is 0 Å². The highest BCUT2D eigenvalue weighted by Crippen LogP contribution is 2.26. The first kappa shape index (κ1) is 19.3. The van der Waals surface area contributed by atoms with Crippen molar-refractivity contribution in [3.8, 4) is 5.75 Å². The van der Waals surface area contributed by atoms with Crippen molar-refractivity contribution in [1.82, 2.24) is 9.80 Å². The smallest absolute Gasteiger partial charge is 0.174 e. The zero-order chi connectivity index (χ0) is 18.2. The van der Waals surface area contributed by atoms with Crippen molar-refractivity contribution in [2.24, 2.45) is 0 Å². The summed E-state index contributed by atoms with van der Waals surface area (Å²) in [5.41, 5.74) is 0.871. The quantitative estimate of drug-likeness (QED) is 0.717. The number of hydrogen-bond donors (Lipinski definition) is 1. The van der Waals surface area contributed by atoms with Crippen molar-refractivity contribution in [1.29, 1.82) is 0 Å². The van der Waals surface area contributed by atoms with Gasteiger partial charge >= 0.3 is 0 Å². The molecule has 1 atom stereocenters. The summed E-state index contributed by atoms with van der Waals surface area (Å²) in [5, 5.41) is 3.99. The van der Waals surface area contributed by atoms with Gasteiger partial charge in [0.1, 0.15) is 11.5 Å². The van der Waals surface area contributed by atoms with E-state index in [4.69, 9.17) is 21.4 Å². The van der Waals surface area contributed by atoms with Crippen molar-refractivity contribution in [3.63, 3.8) is 0 Å². The molecule has 0 radical (unpaired) electrons. The maximum atomic E-state index is 5.70. The topological polar surface area (TPSA) is 40.9 Å². The van der Waals surface area contributed by atoms with Crippen molar-refractivity contribution >= 4 is 23.0 Å². The molecule has 0 aliphatic carbocycles. The van der Waals surface area contributed by atoms with E-state index < -0.39 is 0 Å². The number of likely N-dealkylation sites (N-methyl/N-ethyl adjacent to an activating group) is 1. The Hall–Kier alpha value is -2.05. The summed E-state index contributed by atoms with van der Waals surface area (Å²) in [6.07, 6.45) is 1.69. The highest BCUT2D eigenvalue weighted by molar-refractivity contribution is 7.80. The summed E-state index contributed by atoms with van der Waals surface area (Å²) in [6.45, 7) is 6.35. The second kappa shape index (κ2) is 9.44. The molecule has 0 saturated carbocycles. The lowest BCUT2D eigenvalue weighted by molar-refractivity contribution is 0.263. The molecule has 0 saturated heterocycles. The summed E-state index contributed by atoms with van der Waals surface area (Å²) in [4.78, 5) is 4.27. The van der Waals surface area contributed by atoms with Gasteiger partial charge < -0.3 is 24.3 Å². The van der Waals surface area contributed by atoms with Crippen LogP contribution in [0.15, 0.2) is 47.1 Å². The monoisotopic (exact) mass is 361 g/mol. The third-order valence-corrected chi connectivity index (χ3v) is 4.24. The van der Waals surface area contributed by atoms with Crippen molar-refractivity contribution in [3.05, 3.63) is 48.4 Å². The molecule has 0 spiro atoms. The van der Waals surface area contributed by atoms with Gasteiger partial charge in [0.2, 0.25) is 0 Å². The van der Waals surface area contributed by atoms with Crippen LogP contribution in [0.1, 0.15) is 25.6 Å². The molecule has 0 bridgehead atoms. The molecular formula is C19H27N3O2S. The fourth-order valence-electron chi connectivity index (χ4n) is 2.50. The van der Waals surface area contributed by atoms with E-state index in [-0.39, 0.29) is 6.04 Å². The largest absolute Gasteiger partial charge is 0.492 e. The van der Waals surface area contributed by atoms with Gasteiger partial charge in [-0.2, -0.15) is 0 Å². The number of thiocarbonyl (C=S) groups is 1. The Bertz CT molecular complexity index is 658. The number of furan rings is 1. The molecule has 0 aliphatic heterocycles. The SMILES string of the molecule is CCOc1ccccc1NC(=S)N(CCN(C)C)[C@@H](C)c1ccco1. The molecule has 25 heavy (non-hydrogen) atoms. The molecule has 1 aromatic carbocycles. The summed E-state index contributed by atoms with van der Waals surface area (Å²) >= 11 is 5.70. The molecular weight excluding hydrogens is 334 g/mol. The molecule has 136 valence electrons. The molecule has 0 amide bonds. The molecule has 0 aliphatic rings. The van der Waals surface area contributed by atoms with E-state index in [0.717, 1.165) is 30.3 Å². The van der Waals surface area contributed by atoms with Crippen LogP contribution >= 0.6 is 12.2 Å². The van der Waals surface area contributed by atoms with Gasteiger partial charge in [-0.1, -0.05) is 12.1 Å². The minimum Gasteiger partial charge on any atom is -0.492 e. The predicted octanol–water partition coefficient (Wildman–Crippen LogP) is 4.00. The highest BCUT2D eigenvalue weighted by Gasteiger charge is 2.21. The summed E-state index contributed by atoms with van der Waals surface area (Å²) < 4.78 is 11.3. The first-order valence-corrected chi connectivity index (χ1v) is 8.91. The average molecular weight is 362 g/mol. The number of ether oxygens (including phenoxy) is 1. The number of rotatable bonds is 8. The highest BCUT2D eigenvalue weighted by atomic mass is 32.1. The van der Waals surface area contributed by atoms with Crippen LogP contribution in [-0.2, 0) is 0 Å². The van der Waals surface area contributed by atoms with Gasteiger partial charge in [0.15, 0.2) is 5.11 Å². The minimum atomic E-state index is 0.0363. The van der Waals surface area contributed by atoms with Gasteiger partial charge in [-0.15, -0.1) is 0 Å². The average Bonchev–Trinajstić information content (AvgIpc) is 3.11. The predicted molar refractivity (Wildman–Crippen MR) is 106 cm³/mol. The lowest BCUT2D eigenvalue weighted by Crippen LogP contribution is -2.40. The lowest BCUT2D eigenvalue weighted by Gasteiger charge is -2.32. The molecule has 1 heterocycles. The van der Waals surface area contributed by atoms with Gasteiger partial charge in [-0.05, 0) is 64.4 Å². The number of anilines is 1. The van der Waals surface area contributed by atoms with Gasteiger partial charge in [-0.25, -0.2) is 0 Å². The second-order valence-electron chi connectivity index (χ2n) is 6.05. The van der Waals surface area contributed by atoms with E-state index in [0.29, 0.717) is 11.7 Å². The molecule has 6 heteroatoms. The minimum absolute atomic E-state index is 0.0363. The van der Waals surface area contributed by atoms with Crippen LogP contribution < -0.4 is 10.1 Å². The van der Waals surface area contributed by atoms with Gasteiger partial charge in [0.25, 0.3) is 0 Å². The molecule has 0 unspecified atom stereocenters. The van der Waals surface area contributed by atoms with E-state index in [2.05, 4.69) is 36.1 Å². The van der Waals surface area contributed by atoms with Crippen LogP contribution in [0.5, 0.6) is 5.75 Å². The van der Waals surface area contributed by atoms with Crippen molar-refractivity contribution in [2.45, 2.75) is 19.9 Å². The Morgan fingerprint density at radius 2 is 1.96 bits per heavy atom. The van der Waals surface area contributed by atoms with E-state index >= 15 is 0 Å². The zero-order valence-corrected chi connectivity index (χ0v) is 16.2. The molecule has 2 aromatic rings. The summed E-state index contributed by atoms with van der Waals surface area (Å²) in [5.74, 6) is 1.69. The van der Waals surface area contributed by atoms with E-state index in [1.807, 2.05) is 43.3 Å². The number of para-hydroxylation sites is 2. The third kappa shape index (κ3) is 5.47. The van der Waals surface area contributed by atoms with Crippen molar-refractivity contribution in [2.75, 3.05) is 39.1 Å². The van der Waals surface area contributed by atoms with E-state index in [1.54, 1.807) is 6.26 Å². The Balaban J connectivity index is 2.17. The fourth-order valence-corrected chi connectivity index (χ4v) is 2.86. The van der Waals surface area contributed by atoms with Crippen molar-refractivity contribution < 1.29 is 9.15 Å². The Labute approximate surface area is 155 Å². The molecule has 0 fully saturated rings. The van der Waals surface area contributed by atoms with Crippen LogP contribution in [-0.4, -0.2) is 48.7 Å². The lowest BCUT2D eigenvalue weighted by atomic mass is 10.2. The third-order valence-electron chi connectivity index (χ3n) is 3.90. The number of nitrogens with one attached hydrogen (secondary N) is 1. The van der Waals surface area contributed by atoms with Crippen LogP contribution in [0.2, 0.25) is 0 Å². The number of benzene rings is 1. The van der Waals surface area contributed by atoms with Crippen LogP contribution in [0.3, 0.4) is 0 Å². The maximum Gasteiger partial charge on any atom is 0.174 e. The van der Waals surface area contributed by atoms with Crippen LogP contribution in [0.4, 0.5) is 5.69 Å². The second-order valence-corrected chi connectivity index (χ2v) is 6.43. The zero-order valence-electron chi connectivity index (χ0n) is 15.4. The van der Waals surface area contributed by atoms with E-state index in [9.17, 15) is 0 Å². The summed E-state index contributed by atoms with van der Waals surface area (Å²) in [6, 6.07) is 11.7. The Morgan fingerprint density at radius 1 is 1.20 bits per heavy atom. The molecule has 1 aromatic heterocycles. The summed E-state index contributed by atoms with van der Waals surface area (Å²) in [7, 11) is 4.10. The van der Waals surface area contributed by atoms with Gasteiger partial charge in [0, 0.05) is 13.1 Å². The Morgan fingerprint density at radius 3 is 2.60 bits per heavy atom. The Kier molecular flexibility index (Phi) is 7.28. The normalized spacial score (nSPS) is 12.0. The van der Waals surface area contributed by atoms with Crippen LogP contribution in [0.25, 0.3) is 0 Å². The number of hydrogen-bond acceptors (Lipinski definition) is 4. The fraction of sp³-hybridized carbons (Fsp3) is 0.421. The first-order valence-electron chi connectivity index (χ1n) is 8.50. The number of nitrogens with zero attached hydrogens (tertiary/aromatic N) is 2. The molecule has 5 nitrogen and oxygen atoms in total. The molecule has 2 rings (SSSR count). The molecule has 1 N–H and O–H groups in total.